The molecule has 3 aromatic rings. The van der Waals surface area contributed by atoms with Crippen molar-refractivity contribution < 1.29 is 28.4 Å². The highest BCUT2D eigenvalue weighted by atomic mass is 28.2. The van der Waals surface area contributed by atoms with Crippen LogP contribution in [0.15, 0.2) is 54.6 Å². The Kier molecular flexibility index (Phi) is 20.1. The third-order valence-electron chi connectivity index (χ3n) is 9.02. The van der Waals surface area contributed by atoms with Crippen molar-refractivity contribution in [3.63, 3.8) is 0 Å². The Balaban J connectivity index is 1.40. The second-order valence-electron chi connectivity index (χ2n) is 12.3. The van der Waals surface area contributed by atoms with Crippen molar-refractivity contribution in [3.8, 4) is 34.5 Å². The molecule has 0 spiro atoms. The number of para-hydroxylation sites is 3. The molecule has 266 valence electrons. The van der Waals surface area contributed by atoms with Crippen LogP contribution in [0, 0.1) is 5.92 Å². The van der Waals surface area contributed by atoms with Gasteiger partial charge in [-0.05, 0) is 39.7 Å². The summed E-state index contributed by atoms with van der Waals surface area (Å²) < 4.78 is 33.4. The van der Waals surface area contributed by atoms with Crippen molar-refractivity contribution in [1.82, 2.24) is 0 Å². The molecule has 0 N–H and O–H groups in total. The van der Waals surface area contributed by atoms with E-state index in [1.165, 1.54) is 111 Å². The van der Waals surface area contributed by atoms with E-state index < -0.39 is 0 Å². The number of ether oxygens (including phenoxy) is 6. The van der Waals surface area contributed by atoms with Crippen LogP contribution < -0.4 is 44.0 Å². The fourth-order valence-electron chi connectivity index (χ4n) is 6.39. The molecule has 6 radical (unpaired) electrons. The molecular formula is C40H58O6Si3. The summed E-state index contributed by atoms with van der Waals surface area (Å²) in [5.41, 5.74) is 0. The zero-order valence-electron chi connectivity index (χ0n) is 30.8. The van der Waals surface area contributed by atoms with Crippen LogP contribution in [0.25, 0.3) is 0 Å². The van der Waals surface area contributed by atoms with Crippen molar-refractivity contribution in [2.45, 2.75) is 95.2 Å². The Morgan fingerprint density at radius 2 is 0.694 bits per heavy atom. The fraction of sp³-hybridized carbons (Fsp3) is 0.550. The predicted molar refractivity (Wildman–Crippen MR) is 208 cm³/mol. The first-order chi connectivity index (χ1) is 24.1. The summed E-state index contributed by atoms with van der Waals surface area (Å²) in [4.78, 5) is 0. The van der Waals surface area contributed by atoms with Gasteiger partial charge in [-0.25, -0.2) is 0 Å². The van der Waals surface area contributed by atoms with Gasteiger partial charge < -0.3 is 28.4 Å². The molecule has 0 fully saturated rings. The van der Waals surface area contributed by atoms with Crippen LogP contribution in [0.4, 0.5) is 0 Å². The number of benzene rings is 3. The van der Waals surface area contributed by atoms with Gasteiger partial charge in [0.15, 0.2) is 34.5 Å². The number of unbranched alkanes of at least 4 members (excludes halogenated alkanes) is 6. The highest BCUT2D eigenvalue weighted by Crippen LogP contribution is 2.27. The predicted octanol–water partition coefficient (Wildman–Crippen LogP) is 7.68. The zero-order valence-corrected chi connectivity index (χ0v) is 33.8. The highest BCUT2D eigenvalue weighted by Gasteiger charge is 2.13. The lowest BCUT2D eigenvalue weighted by Crippen LogP contribution is -2.17. The van der Waals surface area contributed by atoms with Crippen molar-refractivity contribution in [3.05, 3.63) is 54.6 Å². The Labute approximate surface area is 304 Å². The Bertz CT molecular complexity index is 1180. The molecule has 0 aromatic heterocycles. The zero-order chi connectivity index (χ0) is 35.1. The summed E-state index contributed by atoms with van der Waals surface area (Å²) in [5, 5.41) is 3.82. The monoisotopic (exact) mass is 718 g/mol. The molecule has 49 heavy (non-hydrogen) atoms. The van der Waals surface area contributed by atoms with Gasteiger partial charge in [0.25, 0.3) is 0 Å². The normalized spacial score (nSPS) is 11.1. The van der Waals surface area contributed by atoms with E-state index in [1.807, 2.05) is 18.2 Å². The summed E-state index contributed by atoms with van der Waals surface area (Å²) in [6.45, 7) is 0. The lowest BCUT2D eigenvalue weighted by molar-refractivity contribution is 0.357. The van der Waals surface area contributed by atoms with Crippen LogP contribution in [0.2, 0.25) is 18.1 Å². The third kappa shape index (κ3) is 13.7. The van der Waals surface area contributed by atoms with Crippen LogP contribution >= 0.6 is 0 Å². The molecule has 0 atom stereocenters. The van der Waals surface area contributed by atoms with Crippen molar-refractivity contribution in [1.29, 1.82) is 0 Å². The van der Waals surface area contributed by atoms with E-state index in [0.717, 1.165) is 69.0 Å². The minimum Gasteiger partial charge on any atom is -0.493 e. The van der Waals surface area contributed by atoms with E-state index in [2.05, 4.69) is 36.4 Å². The van der Waals surface area contributed by atoms with E-state index in [4.69, 9.17) is 28.4 Å². The first-order valence-electron chi connectivity index (χ1n) is 17.9. The molecular weight excluding hydrogens is 661 g/mol. The van der Waals surface area contributed by atoms with Crippen LogP contribution in [0.3, 0.4) is 0 Å². The molecule has 0 saturated heterocycles. The van der Waals surface area contributed by atoms with Crippen LogP contribution in [-0.4, -0.2) is 71.2 Å². The number of hydrogen-bond donors (Lipinski definition) is 0. The molecule has 0 amide bonds. The quantitative estimate of drug-likeness (QED) is 0.0596. The summed E-state index contributed by atoms with van der Waals surface area (Å²) in [5.74, 6) is 6.02. The van der Waals surface area contributed by atoms with Crippen molar-refractivity contribution in [2.75, 3.05) is 42.7 Å². The van der Waals surface area contributed by atoms with E-state index >= 15 is 0 Å². The lowest BCUT2D eigenvalue weighted by Gasteiger charge is -2.17. The minimum atomic E-state index is 0.757. The molecule has 6 nitrogen and oxygen atoms in total. The van der Waals surface area contributed by atoms with Gasteiger partial charge in [0, 0.05) is 0 Å². The summed E-state index contributed by atoms with van der Waals surface area (Å²) in [6.07, 6.45) is 15.8. The lowest BCUT2D eigenvalue weighted by atomic mass is 9.90. The maximum atomic E-state index is 5.65. The highest BCUT2D eigenvalue weighted by molar-refractivity contribution is 6.55. The standard InChI is InChI=1S/C40H58O6Si3/c1-41-32-22-16-25-35(38(32)44-4)47-28-13-7-10-19-31(20-11-8-14-29-48-36-26-17-23-33(42-2)39(36)45-5)21-12-9-15-30-49-37-27-18-24-34(43-3)40(37)46-6/h16-18,22-27,31H,7-15,19-21,28-30H2,1-6H3. The Hall–Kier alpha value is -2.89. The molecule has 0 aliphatic heterocycles. The molecule has 0 bridgehead atoms. The van der Waals surface area contributed by atoms with Gasteiger partial charge in [0.2, 0.25) is 0 Å². The van der Waals surface area contributed by atoms with E-state index in [0.29, 0.717) is 0 Å². The Morgan fingerprint density at radius 1 is 0.388 bits per heavy atom. The summed E-state index contributed by atoms with van der Waals surface area (Å²) in [7, 11) is 12.6. The third-order valence-corrected chi connectivity index (χ3v) is 13.2. The first kappa shape index (κ1) is 40.5. The Morgan fingerprint density at radius 3 is 0.959 bits per heavy atom. The molecule has 0 unspecified atom stereocenters. The number of methoxy groups -OCH3 is 6. The molecule has 3 rings (SSSR count). The van der Waals surface area contributed by atoms with Gasteiger partial charge in [-0.3, -0.25) is 0 Å². The first-order valence-corrected chi connectivity index (χ1v) is 21.6. The van der Waals surface area contributed by atoms with Gasteiger partial charge >= 0.3 is 0 Å². The molecule has 0 heterocycles. The van der Waals surface area contributed by atoms with Crippen molar-refractivity contribution >= 4 is 44.1 Å². The summed E-state index contributed by atoms with van der Waals surface area (Å²) in [6, 6.07) is 22.3. The maximum absolute atomic E-state index is 5.65. The van der Waals surface area contributed by atoms with Gasteiger partial charge in [0.1, 0.15) is 0 Å². The van der Waals surface area contributed by atoms with Crippen LogP contribution in [0.1, 0.15) is 77.0 Å². The molecule has 3 aromatic carbocycles. The van der Waals surface area contributed by atoms with E-state index in [-0.39, 0.29) is 0 Å². The largest absolute Gasteiger partial charge is 0.493 e. The topological polar surface area (TPSA) is 55.4 Å². The van der Waals surface area contributed by atoms with Gasteiger partial charge in [0.05, 0.1) is 71.2 Å². The van der Waals surface area contributed by atoms with Crippen LogP contribution in [0.5, 0.6) is 34.5 Å². The SMILES string of the molecule is COc1cccc([Si]CCCCCC(CCCCC[Si]c2cccc(OC)c2OC)CCCCC[Si]c2cccc(OC)c2OC)c1OC. The van der Waals surface area contributed by atoms with Gasteiger partial charge in [-0.2, -0.15) is 0 Å². The second-order valence-corrected chi connectivity index (χ2v) is 16.5. The molecule has 0 saturated carbocycles. The molecule has 0 aliphatic carbocycles. The average molecular weight is 719 g/mol. The summed E-state index contributed by atoms with van der Waals surface area (Å²) >= 11 is 0. The maximum Gasteiger partial charge on any atom is 0.160 e. The number of hydrogen-bond acceptors (Lipinski definition) is 6. The van der Waals surface area contributed by atoms with Gasteiger partial charge in [-0.15, -0.1) is 0 Å². The average Bonchev–Trinajstić information content (AvgIpc) is 3.14. The van der Waals surface area contributed by atoms with E-state index in [9.17, 15) is 0 Å². The number of rotatable bonds is 27. The second kappa shape index (κ2) is 24.3. The van der Waals surface area contributed by atoms with E-state index in [1.54, 1.807) is 42.7 Å². The van der Waals surface area contributed by atoms with Crippen LogP contribution in [-0.2, 0) is 0 Å². The van der Waals surface area contributed by atoms with Gasteiger partial charge in [-0.1, -0.05) is 132 Å². The van der Waals surface area contributed by atoms with Crippen molar-refractivity contribution in [2.24, 2.45) is 5.92 Å². The fourth-order valence-corrected chi connectivity index (χ4v) is 10.3. The minimum absolute atomic E-state index is 0.757. The molecule has 0 aliphatic rings. The smallest absolute Gasteiger partial charge is 0.160 e. The molecule has 9 heteroatoms.